The van der Waals surface area contributed by atoms with Crippen molar-refractivity contribution in [1.29, 1.82) is 0 Å². The van der Waals surface area contributed by atoms with E-state index in [1.165, 1.54) is 22.3 Å². The molecule has 4 rings (SSSR count). The van der Waals surface area contributed by atoms with Crippen molar-refractivity contribution in [3.8, 4) is 11.1 Å². The Hall–Kier alpha value is -2.33. The molecular formula is C21H23NO3. The number of aliphatic hydroxyl groups excluding tert-OH is 1. The maximum atomic E-state index is 12.2. The highest BCUT2D eigenvalue weighted by Crippen LogP contribution is 2.44. The molecule has 0 heterocycles. The van der Waals surface area contributed by atoms with Crippen LogP contribution in [0.2, 0.25) is 0 Å². The first-order chi connectivity index (χ1) is 12.2. The van der Waals surface area contributed by atoms with Crippen LogP contribution in [0.25, 0.3) is 11.1 Å². The highest BCUT2D eigenvalue weighted by atomic mass is 16.5. The molecule has 2 aromatic rings. The Morgan fingerprint density at radius 3 is 2.24 bits per heavy atom. The van der Waals surface area contributed by atoms with Gasteiger partial charge in [-0.3, -0.25) is 0 Å². The van der Waals surface area contributed by atoms with Crippen LogP contribution >= 0.6 is 0 Å². The van der Waals surface area contributed by atoms with Gasteiger partial charge in [0, 0.05) is 5.92 Å². The minimum atomic E-state index is -0.464. The summed E-state index contributed by atoms with van der Waals surface area (Å²) in [6.07, 6.45) is 2.71. The molecule has 1 amide bonds. The van der Waals surface area contributed by atoms with E-state index < -0.39 is 12.2 Å². The standard InChI is InChI=1S/C21H23NO3/c23-20-12-6-5-11-19(20)22-21(24)25-13-18-16-9-3-1-7-14(16)15-8-2-4-10-17(15)18/h1-4,7-10,18-20,23H,5-6,11-13H2,(H,22,24)/t19-,20-/m0/s1. The minimum absolute atomic E-state index is 0.0643. The monoisotopic (exact) mass is 337 g/mol. The minimum Gasteiger partial charge on any atom is -0.449 e. The van der Waals surface area contributed by atoms with Gasteiger partial charge < -0.3 is 15.2 Å². The molecule has 0 bridgehead atoms. The molecule has 0 aliphatic heterocycles. The van der Waals surface area contributed by atoms with E-state index in [2.05, 4.69) is 29.6 Å². The molecule has 25 heavy (non-hydrogen) atoms. The summed E-state index contributed by atoms with van der Waals surface area (Å²) in [5.41, 5.74) is 4.84. The summed E-state index contributed by atoms with van der Waals surface area (Å²) >= 11 is 0. The van der Waals surface area contributed by atoms with Crippen molar-refractivity contribution in [2.75, 3.05) is 6.61 Å². The summed E-state index contributed by atoms with van der Waals surface area (Å²) in [5, 5.41) is 12.8. The average Bonchev–Trinajstić information content (AvgIpc) is 2.96. The Bertz CT molecular complexity index is 728. The van der Waals surface area contributed by atoms with E-state index in [4.69, 9.17) is 4.74 Å². The van der Waals surface area contributed by atoms with Crippen molar-refractivity contribution < 1.29 is 14.6 Å². The average molecular weight is 337 g/mol. The zero-order chi connectivity index (χ0) is 17.2. The number of amides is 1. The van der Waals surface area contributed by atoms with Crippen molar-refractivity contribution in [1.82, 2.24) is 5.32 Å². The fourth-order valence-corrected chi connectivity index (χ4v) is 4.07. The number of aliphatic hydroxyl groups is 1. The van der Waals surface area contributed by atoms with Gasteiger partial charge in [-0.25, -0.2) is 4.79 Å². The Balaban J connectivity index is 1.45. The van der Waals surface area contributed by atoms with Crippen LogP contribution in [0.1, 0.15) is 42.7 Å². The second kappa shape index (κ2) is 6.89. The van der Waals surface area contributed by atoms with Crippen LogP contribution in [0.4, 0.5) is 4.79 Å². The first-order valence-corrected chi connectivity index (χ1v) is 9.03. The van der Waals surface area contributed by atoms with E-state index in [1.807, 2.05) is 24.3 Å². The molecule has 0 aromatic heterocycles. The van der Waals surface area contributed by atoms with E-state index in [1.54, 1.807) is 0 Å². The summed E-state index contributed by atoms with van der Waals surface area (Å²) in [6, 6.07) is 16.4. The lowest BCUT2D eigenvalue weighted by Gasteiger charge is -2.28. The number of nitrogens with one attached hydrogen (secondary N) is 1. The maximum Gasteiger partial charge on any atom is 0.407 e. The van der Waals surface area contributed by atoms with Gasteiger partial charge in [-0.2, -0.15) is 0 Å². The van der Waals surface area contributed by atoms with Gasteiger partial charge in [-0.05, 0) is 35.1 Å². The van der Waals surface area contributed by atoms with Gasteiger partial charge in [-0.15, -0.1) is 0 Å². The molecule has 0 radical (unpaired) electrons. The number of fused-ring (bicyclic) bond motifs is 3. The molecule has 0 spiro atoms. The Morgan fingerprint density at radius 1 is 1.00 bits per heavy atom. The van der Waals surface area contributed by atoms with Crippen molar-refractivity contribution in [3.05, 3.63) is 59.7 Å². The highest BCUT2D eigenvalue weighted by Gasteiger charge is 2.30. The second-order valence-corrected chi connectivity index (χ2v) is 6.93. The normalized spacial score (nSPS) is 22.1. The van der Waals surface area contributed by atoms with Crippen LogP contribution in [-0.4, -0.2) is 30.0 Å². The fraction of sp³-hybridized carbons (Fsp3) is 0.381. The zero-order valence-corrected chi connectivity index (χ0v) is 14.2. The zero-order valence-electron chi connectivity index (χ0n) is 14.2. The number of carbonyl (C=O) groups is 1. The number of ether oxygens (including phenoxy) is 1. The number of alkyl carbamates (subject to hydrolysis) is 1. The number of hydrogen-bond acceptors (Lipinski definition) is 3. The molecule has 4 heteroatoms. The summed E-state index contributed by atoms with van der Waals surface area (Å²) in [7, 11) is 0. The summed E-state index contributed by atoms with van der Waals surface area (Å²) < 4.78 is 5.53. The van der Waals surface area contributed by atoms with Crippen LogP contribution in [0, 0.1) is 0 Å². The molecule has 2 aromatic carbocycles. The number of rotatable bonds is 3. The third-order valence-electron chi connectivity index (χ3n) is 5.38. The molecule has 1 saturated carbocycles. The molecule has 4 nitrogen and oxygen atoms in total. The molecule has 0 saturated heterocycles. The quantitative estimate of drug-likeness (QED) is 0.895. The number of hydrogen-bond donors (Lipinski definition) is 2. The van der Waals surface area contributed by atoms with E-state index in [-0.39, 0.29) is 12.0 Å². The fourth-order valence-electron chi connectivity index (χ4n) is 4.07. The van der Waals surface area contributed by atoms with Gasteiger partial charge in [-0.1, -0.05) is 61.4 Å². The molecule has 1 fully saturated rings. The molecule has 2 N–H and O–H groups in total. The molecule has 130 valence electrons. The van der Waals surface area contributed by atoms with Gasteiger partial charge in [0.1, 0.15) is 6.61 Å². The summed E-state index contributed by atoms with van der Waals surface area (Å²) in [4.78, 5) is 12.2. The highest BCUT2D eigenvalue weighted by molar-refractivity contribution is 5.79. The van der Waals surface area contributed by atoms with Crippen LogP contribution < -0.4 is 5.32 Å². The first kappa shape index (κ1) is 16.2. The van der Waals surface area contributed by atoms with Crippen LogP contribution in [0.15, 0.2) is 48.5 Å². The summed E-state index contributed by atoms with van der Waals surface area (Å²) in [6.45, 7) is 0.308. The van der Waals surface area contributed by atoms with Crippen LogP contribution in [0.3, 0.4) is 0 Å². The van der Waals surface area contributed by atoms with E-state index in [9.17, 15) is 9.90 Å². The number of benzene rings is 2. The first-order valence-electron chi connectivity index (χ1n) is 9.03. The van der Waals surface area contributed by atoms with Crippen molar-refractivity contribution in [2.45, 2.75) is 43.7 Å². The van der Waals surface area contributed by atoms with Crippen LogP contribution in [-0.2, 0) is 4.74 Å². The second-order valence-electron chi connectivity index (χ2n) is 6.93. The molecular weight excluding hydrogens is 314 g/mol. The van der Waals surface area contributed by atoms with Crippen molar-refractivity contribution >= 4 is 6.09 Å². The smallest absolute Gasteiger partial charge is 0.407 e. The third-order valence-corrected chi connectivity index (χ3v) is 5.38. The molecule has 2 aliphatic rings. The van der Waals surface area contributed by atoms with Crippen molar-refractivity contribution in [3.63, 3.8) is 0 Å². The SMILES string of the molecule is O=C(N[C@H]1CCCC[C@@H]1O)OCC1c2ccccc2-c2ccccc21. The topological polar surface area (TPSA) is 58.6 Å². The number of carbonyl (C=O) groups excluding carboxylic acids is 1. The molecule has 0 unspecified atom stereocenters. The lowest BCUT2D eigenvalue weighted by Crippen LogP contribution is -2.45. The van der Waals surface area contributed by atoms with E-state index in [0.717, 1.165) is 25.7 Å². The van der Waals surface area contributed by atoms with Gasteiger partial charge >= 0.3 is 6.09 Å². The van der Waals surface area contributed by atoms with E-state index >= 15 is 0 Å². The van der Waals surface area contributed by atoms with Crippen LogP contribution in [0.5, 0.6) is 0 Å². The Kier molecular flexibility index (Phi) is 4.45. The lowest BCUT2D eigenvalue weighted by molar-refractivity contribution is 0.0792. The van der Waals surface area contributed by atoms with Gasteiger partial charge in [0.05, 0.1) is 12.1 Å². The van der Waals surface area contributed by atoms with E-state index in [0.29, 0.717) is 6.61 Å². The van der Waals surface area contributed by atoms with Gasteiger partial charge in [0.2, 0.25) is 0 Å². The predicted molar refractivity (Wildman–Crippen MR) is 96.5 cm³/mol. The maximum absolute atomic E-state index is 12.2. The molecule has 2 aliphatic carbocycles. The largest absolute Gasteiger partial charge is 0.449 e. The Labute approximate surface area is 147 Å². The predicted octanol–water partition coefficient (Wildman–Crippen LogP) is 3.83. The van der Waals surface area contributed by atoms with Crippen molar-refractivity contribution in [2.24, 2.45) is 0 Å². The third kappa shape index (κ3) is 3.14. The van der Waals surface area contributed by atoms with Gasteiger partial charge in [0.25, 0.3) is 0 Å². The molecule has 2 atom stereocenters. The summed E-state index contributed by atoms with van der Waals surface area (Å²) in [5.74, 6) is 0.0643. The van der Waals surface area contributed by atoms with Gasteiger partial charge in [0.15, 0.2) is 0 Å². The lowest BCUT2D eigenvalue weighted by atomic mass is 9.93. The Morgan fingerprint density at radius 2 is 1.60 bits per heavy atom.